The standard InChI is InChI=1S/C13H21N5O2S/c1-4-17(5-2)12-10(8-14)11(15)18(16-12)13(3)6-7-21(19,20)9-13/h4-7,9,15H2,1-3H3. The van der Waals surface area contributed by atoms with E-state index < -0.39 is 15.4 Å². The summed E-state index contributed by atoms with van der Waals surface area (Å²) in [7, 11) is -3.07. The molecule has 116 valence electrons. The zero-order valence-electron chi connectivity index (χ0n) is 12.6. The Morgan fingerprint density at radius 3 is 2.52 bits per heavy atom. The Morgan fingerprint density at radius 1 is 1.48 bits per heavy atom. The van der Waals surface area contributed by atoms with Crippen molar-refractivity contribution in [2.45, 2.75) is 32.7 Å². The van der Waals surface area contributed by atoms with Gasteiger partial charge < -0.3 is 10.6 Å². The Balaban J connectivity index is 2.55. The van der Waals surface area contributed by atoms with E-state index in [9.17, 15) is 13.7 Å². The highest BCUT2D eigenvalue weighted by atomic mass is 32.2. The normalized spacial score (nSPS) is 23.9. The molecule has 8 heteroatoms. The molecule has 1 aliphatic heterocycles. The summed E-state index contributed by atoms with van der Waals surface area (Å²) in [5.74, 6) is 0.921. The minimum absolute atomic E-state index is 0.00837. The van der Waals surface area contributed by atoms with Crippen LogP contribution in [0.3, 0.4) is 0 Å². The molecule has 2 N–H and O–H groups in total. The zero-order valence-corrected chi connectivity index (χ0v) is 13.4. The Kier molecular flexibility index (Phi) is 3.89. The molecule has 1 atom stereocenters. The van der Waals surface area contributed by atoms with Gasteiger partial charge in [-0.15, -0.1) is 0 Å². The number of rotatable bonds is 4. The van der Waals surface area contributed by atoms with E-state index in [0.29, 0.717) is 30.9 Å². The monoisotopic (exact) mass is 311 g/mol. The first-order valence-corrected chi connectivity index (χ1v) is 8.84. The topological polar surface area (TPSA) is 105 Å². The first kappa shape index (κ1) is 15.6. The number of sulfone groups is 1. The largest absolute Gasteiger partial charge is 0.383 e. The van der Waals surface area contributed by atoms with Crippen LogP contribution in [0.4, 0.5) is 11.6 Å². The van der Waals surface area contributed by atoms with Gasteiger partial charge in [-0.25, -0.2) is 13.1 Å². The highest BCUT2D eigenvalue weighted by Crippen LogP contribution is 2.36. The summed E-state index contributed by atoms with van der Waals surface area (Å²) in [5.41, 5.74) is 5.71. The number of hydrogen-bond acceptors (Lipinski definition) is 6. The zero-order chi connectivity index (χ0) is 15.8. The summed E-state index contributed by atoms with van der Waals surface area (Å²) in [6.45, 7) is 7.19. The molecule has 0 bridgehead atoms. The third-order valence-electron chi connectivity index (χ3n) is 4.07. The maximum atomic E-state index is 11.8. The molecule has 1 aromatic heterocycles. The lowest BCUT2D eigenvalue weighted by atomic mass is 10.0. The van der Waals surface area contributed by atoms with Crippen molar-refractivity contribution in [2.24, 2.45) is 0 Å². The van der Waals surface area contributed by atoms with Crippen LogP contribution in [0, 0.1) is 11.3 Å². The summed E-state index contributed by atoms with van der Waals surface area (Å²) < 4.78 is 25.1. The van der Waals surface area contributed by atoms with E-state index in [1.54, 1.807) is 0 Å². The third-order valence-corrected chi connectivity index (χ3v) is 5.96. The molecule has 0 spiro atoms. The second-order valence-electron chi connectivity index (χ2n) is 5.62. The number of hydrogen-bond donors (Lipinski definition) is 1. The van der Waals surface area contributed by atoms with E-state index in [1.807, 2.05) is 25.7 Å². The minimum atomic E-state index is -3.07. The maximum absolute atomic E-state index is 11.8. The number of aromatic nitrogens is 2. The molecule has 1 unspecified atom stereocenters. The van der Waals surface area contributed by atoms with Crippen LogP contribution in [0.1, 0.15) is 32.8 Å². The van der Waals surface area contributed by atoms with Gasteiger partial charge in [-0.2, -0.15) is 10.4 Å². The quantitative estimate of drug-likeness (QED) is 0.878. The average molecular weight is 311 g/mol. The van der Waals surface area contributed by atoms with Crippen molar-refractivity contribution in [3.8, 4) is 6.07 Å². The van der Waals surface area contributed by atoms with E-state index >= 15 is 0 Å². The van der Waals surface area contributed by atoms with Crippen molar-refractivity contribution >= 4 is 21.5 Å². The highest BCUT2D eigenvalue weighted by molar-refractivity contribution is 7.91. The molecule has 0 saturated carbocycles. The Morgan fingerprint density at radius 2 is 2.10 bits per heavy atom. The fourth-order valence-electron chi connectivity index (χ4n) is 2.84. The van der Waals surface area contributed by atoms with Gasteiger partial charge in [-0.3, -0.25) is 0 Å². The molecule has 1 fully saturated rings. The molecule has 2 rings (SSSR count). The van der Waals surface area contributed by atoms with E-state index in [-0.39, 0.29) is 17.3 Å². The molecule has 0 aliphatic carbocycles. The predicted molar refractivity (Wildman–Crippen MR) is 81.8 cm³/mol. The second-order valence-corrected chi connectivity index (χ2v) is 7.80. The summed E-state index contributed by atoms with van der Waals surface area (Å²) in [6, 6.07) is 2.10. The fourth-order valence-corrected chi connectivity index (χ4v) is 4.95. The van der Waals surface area contributed by atoms with Crippen LogP contribution < -0.4 is 10.6 Å². The Hall–Kier alpha value is -1.75. The number of nitrogens with two attached hydrogens (primary N) is 1. The Bertz CT molecular complexity index is 684. The smallest absolute Gasteiger partial charge is 0.170 e. The third kappa shape index (κ3) is 2.58. The number of nitrogens with zero attached hydrogens (tertiary/aromatic N) is 4. The molecule has 21 heavy (non-hydrogen) atoms. The van der Waals surface area contributed by atoms with Crippen LogP contribution in [-0.4, -0.2) is 42.8 Å². The summed E-state index contributed by atoms with van der Waals surface area (Å²) >= 11 is 0. The van der Waals surface area contributed by atoms with Gasteiger partial charge >= 0.3 is 0 Å². The molecule has 0 aromatic carbocycles. The van der Waals surface area contributed by atoms with Crippen molar-refractivity contribution in [3.05, 3.63) is 5.56 Å². The lowest BCUT2D eigenvalue weighted by Crippen LogP contribution is -2.34. The van der Waals surface area contributed by atoms with Crippen LogP contribution in [0.15, 0.2) is 0 Å². The Labute approximate surface area is 125 Å². The number of nitriles is 1. The van der Waals surface area contributed by atoms with Gasteiger partial charge in [-0.05, 0) is 27.2 Å². The van der Waals surface area contributed by atoms with E-state index in [2.05, 4.69) is 11.2 Å². The van der Waals surface area contributed by atoms with Gasteiger partial charge in [0.05, 0.1) is 17.0 Å². The molecular formula is C13H21N5O2S. The van der Waals surface area contributed by atoms with E-state index in [0.717, 1.165) is 0 Å². The molecule has 2 heterocycles. The van der Waals surface area contributed by atoms with E-state index in [1.165, 1.54) is 4.68 Å². The molecule has 1 aliphatic rings. The van der Waals surface area contributed by atoms with Gasteiger partial charge in [0.15, 0.2) is 15.7 Å². The van der Waals surface area contributed by atoms with Gasteiger partial charge in [0.25, 0.3) is 0 Å². The minimum Gasteiger partial charge on any atom is -0.383 e. The molecule has 1 aromatic rings. The van der Waals surface area contributed by atoms with Gasteiger partial charge in [-0.1, -0.05) is 0 Å². The van der Waals surface area contributed by atoms with Gasteiger partial charge in [0.1, 0.15) is 17.5 Å². The summed E-state index contributed by atoms with van der Waals surface area (Å²) in [5, 5.41) is 13.8. The number of nitrogen functional groups attached to an aromatic ring is 1. The van der Waals surface area contributed by atoms with Crippen LogP contribution in [-0.2, 0) is 15.4 Å². The summed E-state index contributed by atoms with van der Waals surface area (Å²) in [4.78, 5) is 1.94. The van der Waals surface area contributed by atoms with Gasteiger partial charge in [0.2, 0.25) is 0 Å². The predicted octanol–water partition coefficient (Wildman–Crippen LogP) is 0.717. The van der Waals surface area contributed by atoms with Crippen molar-refractivity contribution in [3.63, 3.8) is 0 Å². The fraction of sp³-hybridized carbons (Fsp3) is 0.692. The highest BCUT2D eigenvalue weighted by Gasteiger charge is 2.42. The first-order valence-electron chi connectivity index (χ1n) is 7.02. The SMILES string of the molecule is CCN(CC)c1nn(C2(C)CCS(=O)(=O)C2)c(N)c1C#N. The van der Waals surface area contributed by atoms with Crippen molar-refractivity contribution in [1.82, 2.24) is 9.78 Å². The van der Waals surface area contributed by atoms with Crippen molar-refractivity contribution in [2.75, 3.05) is 35.2 Å². The lowest BCUT2D eigenvalue weighted by molar-refractivity contribution is 0.334. The average Bonchev–Trinajstić information content (AvgIpc) is 2.89. The second kappa shape index (κ2) is 5.22. The summed E-state index contributed by atoms with van der Waals surface area (Å²) in [6.07, 6.45) is 0.462. The lowest BCUT2D eigenvalue weighted by Gasteiger charge is -2.24. The first-order chi connectivity index (χ1) is 9.78. The molecule has 1 saturated heterocycles. The van der Waals surface area contributed by atoms with E-state index in [4.69, 9.17) is 5.73 Å². The van der Waals surface area contributed by atoms with Crippen LogP contribution >= 0.6 is 0 Å². The molecule has 7 nitrogen and oxygen atoms in total. The van der Waals surface area contributed by atoms with Crippen molar-refractivity contribution < 1.29 is 8.42 Å². The van der Waals surface area contributed by atoms with Crippen LogP contribution in [0.5, 0.6) is 0 Å². The molecule has 0 amide bonds. The molecule has 0 radical (unpaired) electrons. The van der Waals surface area contributed by atoms with Gasteiger partial charge in [0, 0.05) is 13.1 Å². The number of anilines is 2. The molecular weight excluding hydrogens is 290 g/mol. The van der Waals surface area contributed by atoms with Crippen molar-refractivity contribution in [1.29, 1.82) is 5.26 Å². The maximum Gasteiger partial charge on any atom is 0.170 e. The van der Waals surface area contributed by atoms with Crippen LogP contribution in [0.25, 0.3) is 0 Å². The van der Waals surface area contributed by atoms with Crippen LogP contribution in [0.2, 0.25) is 0 Å².